The van der Waals surface area contributed by atoms with Crippen molar-refractivity contribution in [2.75, 3.05) is 42.7 Å². The standard InChI is InChI=1S/C23H31N3O5S/c1-17(2)18-10-12-19(13-11-18)26(32(4,29)30)16-22(27)25-21-9-6-5-8-20(21)23(28)24-14-7-15-31-3/h5-6,8-13,17H,7,14-16H2,1-4H3,(H,24,28)(H,25,27). The molecular formula is C23H31N3O5S. The van der Waals surface area contributed by atoms with Gasteiger partial charge in [0.25, 0.3) is 5.91 Å². The number of sulfonamides is 1. The molecule has 0 radical (unpaired) electrons. The number of nitrogens with zero attached hydrogens (tertiary/aromatic N) is 1. The summed E-state index contributed by atoms with van der Waals surface area (Å²) in [6.07, 6.45) is 1.72. The van der Waals surface area contributed by atoms with Crippen LogP contribution in [0.2, 0.25) is 0 Å². The number of methoxy groups -OCH3 is 1. The highest BCUT2D eigenvalue weighted by atomic mass is 32.2. The number of carbonyl (C=O) groups excluding carboxylic acids is 2. The summed E-state index contributed by atoms with van der Waals surface area (Å²) in [5, 5.41) is 5.44. The Morgan fingerprint density at radius 3 is 2.31 bits per heavy atom. The fraction of sp³-hybridized carbons (Fsp3) is 0.391. The van der Waals surface area contributed by atoms with Crippen molar-refractivity contribution in [1.82, 2.24) is 5.32 Å². The first-order chi connectivity index (χ1) is 15.1. The number of amides is 2. The van der Waals surface area contributed by atoms with Crippen LogP contribution in [0.4, 0.5) is 11.4 Å². The molecule has 0 unspecified atom stereocenters. The number of benzene rings is 2. The topological polar surface area (TPSA) is 105 Å². The van der Waals surface area contributed by atoms with Crippen LogP contribution in [0.25, 0.3) is 0 Å². The predicted octanol–water partition coefficient (Wildman–Crippen LogP) is 2.98. The molecule has 0 spiro atoms. The first kappa shape index (κ1) is 25.4. The van der Waals surface area contributed by atoms with E-state index in [-0.39, 0.29) is 5.91 Å². The molecule has 9 heteroatoms. The molecule has 2 N–H and O–H groups in total. The Morgan fingerprint density at radius 2 is 1.72 bits per heavy atom. The highest BCUT2D eigenvalue weighted by molar-refractivity contribution is 7.92. The minimum absolute atomic E-state index is 0.297. The van der Waals surface area contributed by atoms with E-state index in [1.54, 1.807) is 43.5 Å². The SMILES string of the molecule is COCCCNC(=O)c1ccccc1NC(=O)CN(c1ccc(C(C)C)cc1)S(C)(=O)=O. The van der Waals surface area contributed by atoms with Gasteiger partial charge in [0.2, 0.25) is 15.9 Å². The molecule has 2 aromatic rings. The van der Waals surface area contributed by atoms with Crippen LogP contribution in [0, 0.1) is 0 Å². The third-order valence-electron chi connectivity index (χ3n) is 4.79. The van der Waals surface area contributed by atoms with Crippen molar-refractivity contribution in [3.63, 3.8) is 0 Å². The molecule has 0 aliphatic rings. The maximum Gasteiger partial charge on any atom is 0.253 e. The first-order valence-corrected chi connectivity index (χ1v) is 12.2. The fourth-order valence-corrected chi connectivity index (χ4v) is 3.91. The Morgan fingerprint density at radius 1 is 1.06 bits per heavy atom. The zero-order chi connectivity index (χ0) is 23.7. The van der Waals surface area contributed by atoms with Crippen LogP contribution in [0.15, 0.2) is 48.5 Å². The number of rotatable bonds is 11. The smallest absolute Gasteiger partial charge is 0.253 e. The Labute approximate surface area is 190 Å². The molecular weight excluding hydrogens is 430 g/mol. The van der Waals surface area contributed by atoms with Crippen LogP contribution in [-0.2, 0) is 19.6 Å². The van der Waals surface area contributed by atoms with E-state index in [0.717, 1.165) is 16.1 Å². The second-order valence-electron chi connectivity index (χ2n) is 7.71. The van der Waals surface area contributed by atoms with Crippen LogP contribution in [0.3, 0.4) is 0 Å². The maximum atomic E-state index is 12.7. The summed E-state index contributed by atoms with van der Waals surface area (Å²) >= 11 is 0. The van der Waals surface area contributed by atoms with Crippen LogP contribution >= 0.6 is 0 Å². The molecule has 0 atom stereocenters. The fourth-order valence-electron chi connectivity index (χ4n) is 3.05. The van der Waals surface area contributed by atoms with E-state index in [9.17, 15) is 18.0 Å². The maximum absolute atomic E-state index is 12.7. The lowest BCUT2D eigenvalue weighted by atomic mass is 10.0. The lowest BCUT2D eigenvalue weighted by molar-refractivity contribution is -0.114. The average Bonchev–Trinajstić information content (AvgIpc) is 2.74. The molecule has 2 rings (SSSR count). The normalized spacial score (nSPS) is 11.3. The van der Waals surface area contributed by atoms with Crippen LogP contribution in [-0.4, -0.2) is 53.3 Å². The minimum atomic E-state index is -3.70. The van der Waals surface area contributed by atoms with E-state index in [4.69, 9.17) is 4.74 Å². The van der Waals surface area contributed by atoms with Crippen molar-refractivity contribution in [3.8, 4) is 0 Å². The summed E-state index contributed by atoms with van der Waals surface area (Å²) in [7, 11) is -2.11. The molecule has 2 aromatic carbocycles. The predicted molar refractivity (Wildman–Crippen MR) is 127 cm³/mol. The summed E-state index contributed by atoms with van der Waals surface area (Å²) in [5.74, 6) is -0.583. The van der Waals surface area contributed by atoms with Gasteiger partial charge < -0.3 is 15.4 Å². The van der Waals surface area contributed by atoms with E-state index >= 15 is 0 Å². The highest BCUT2D eigenvalue weighted by Gasteiger charge is 2.22. The molecule has 0 saturated heterocycles. The molecule has 174 valence electrons. The third kappa shape index (κ3) is 7.35. The monoisotopic (exact) mass is 461 g/mol. The van der Waals surface area contributed by atoms with Gasteiger partial charge in [-0.2, -0.15) is 0 Å². The summed E-state index contributed by atoms with van der Waals surface area (Å²) in [4.78, 5) is 25.2. The molecule has 32 heavy (non-hydrogen) atoms. The number of nitrogens with one attached hydrogen (secondary N) is 2. The molecule has 0 aliphatic heterocycles. The van der Waals surface area contributed by atoms with Gasteiger partial charge in [-0.05, 0) is 42.2 Å². The lowest BCUT2D eigenvalue weighted by Crippen LogP contribution is -2.37. The summed E-state index contributed by atoms with van der Waals surface area (Å²) < 4.78 is 30.7. The van der Waals surface area contributed by atoms with Crippen LogP contribution in [0.1, 0.15) is 42.1 Å². The second-order valence-corrected chi connectivity index (χ2v) is 9.62. The van der Waals surface area contributed by atoms with Crippen molar-refractivity contribution in [1.29, 1.82) is 0 Å². The van der Waals surface area contributed by atoms with E-state index in [1.807, 2.05) is 26.0 Å². The molecule has 0 bridgehead atoms. The molecule has 0 heterocycles. The van der Waals surface area contributed by atoms with E-state index in [2.05, 4.69) is 10.6 Å². The van der Waals surface area contributed by atoms with Gasteiger partial charge in [-0.15, -0.1) is 0 Å². The van der Waals surface area contributed by atoms with E-state index in [0.29, 0.717) is 42.4 Å². The minimum Gasteiger partial charge on any atom is -0.385 e. The molecule has 8 nitrogen and oxygen atoms in total. The molecule has 0 fully saturated rings. The second kappa shape index (κ2) is 11.6. The van der Waals surface area contributed by atoms with Gasteiger partial charge in [0.05, 0.1) is 23.2 Å². The highest BCUT2D eigenvalue weighted by Crippen LogP contribution is 2.22. The van der Waals surface area contributed by atoms with Gasteiger partial charge >= 0.3 is 0 Å². The van der Waals surface area contributed by atoms with Crippen molar-refractivity contribution < 1.29 is 22.7 Å². The molecule has 0 aromatic heterocycles. The Balaban J connectivity index is 2.15. The number of ether oxygens (including phenoxy) is 1. The molecule has 0 saturated carbocycles. The molecule has 0 aliphatic carbocycles. The van der Waals surface area contributed by atoms with Gasteiger partial charge in [0.1, 0.15) is 6.54 Å². The van der Waals surface area contributed by atoms with Crippen molar-refractivity contribution in [3.05, 3.63) is 59.7 Å². The van der Waals surface area contributed by atoms with Gasteiger partial charge in [-0.1, -0.05) is 38.1 Å². The van der Waals surface area contributed by atoms with E-state index in [1.165, 1.54) is 0 Å². The van der Waals surface area contributed by atoms with E-state index < -0.39 is 22.5 Å². The number of hydrogen-bond acceptors (Lipinski definition) is 5. The zero-order valence-electron chi connectivity index (χ0n) is 18.9. The Hall–Kier alpha value is -2.91. The number of anilines is 2. The first-order valence-electron chi connectivity index (χ1n) is 10.4. The van der Waals surface area contributed by atoms with Crippen molar-refractivity contribution >= 4 is 33.2 Å². The largest absolute Gasteiger partial charge is 0.385 e. The number of carbonyl (C=O) groups is 2. The lowest BCUT2D eigenvalue weighted by Gasteiger charge is -2.22. The number of para-hydroxylation sites is 1. The van der Waals surface area contributed by atoms with Crippen molar-refractivity contribution in [2.45, 2.75) is 26.2 Å². The molecule has 2 amide bonds. The zero-order valence-corrected chi connectivity index (χ0v) is 19.7. The van der Waals surface area contributed by atoms with Crippen LogP contribution < -0.4 is 14.9 Å². The quantitative estimate of drug-likeness (QED) is 0.501. The summed E-state index contributed by atoms with van der Waals surface area (Å²) in [6.45, 7) is 4.63. The Kier molecular flexibility index (Phi) is 9.22. The van der Waals surface area contributed by atoms with Gasteiger partial charge in [0, 0.05) is 20.3 Å². The summed E-state index contributed by atoms with van der Waals surface area (Å²) in [5.41, 5.74) is 2.07. The third-order valence-corrected chi connectivity index (χ3v) is 5.93. The van der Waals surface area contributed by atoms with Gasteiger partial charge in [-0.25, -0.2) is 8.42 Å². The van der Waals surface area contributed by atoms with Crippen molar-refractivity contribution in [2.24, 2.45) is 0 Å². The van der Waals surface area contributed by atoms with Gasteiger partial charge in [0.15, 0.2) is 0 Å². The van der Waals surface area contributed by atoms with Gasteiger partial charge in [-0.3, -0.25) is 13.9 Å². The van der Waals surface area contributed by atoms with Crippen LogP contribution in [0.5, 0.6) is 0 Å². The average molecular weight is 462 g/mol. The summed E-state index contributed by atoms with van der Waals surface area (Å²) in [6, 6.07) is 13.6. The Bertz CT molecular complexity index is 1020. The number of hydrogen-bond donors (Lipinski definition) is 2.